The van der Waals surface area contributed by atoms with Gasteiger partial charge in [0.15, 0.2) is 5.16 Å². The molecule has 0 saturated heterocycles. The molecule has 0 spiro atoms. The fraction of sp³-hybridized carbons (Fsp3) is 0.250. The van der Waals surface area contributed by atoms with E-state index < -0.39 is 0 Å². The monoisotopic (exact) mass is 462 g/mol. The SMILES string of the molecule is Cc1c(NC(=O)CSc2nnc(CCc3ccccc3)n2C)c(=O)n(-c2ccccc2)n1C. The van der Waals surface area contributed by atoms with Crippen LogP contribution in [0.1, 0.15) is 17.1 Å². The number of para-hydroxylation sites is 1. The van der Waals surface area contributed by atoms with Gasteiger partial charge in [-0.25, -0.2) is 4.68 Å². The van der Waals surface area contributed by atoms with Crippen molar-refractivity contribution in [3.63, 3.8) is 0 Å². The Morgan fingerprint density at radius 3 is 2.33 bits per heavy atom. The molecule has 0 bridgehead atoms. The first-order valence-corrected chi connectivity index (χ1v) is 11.6. The Balaban J connectivity index is 1.40. The summed E-state index contributed by atoms with van der Waals surface area (Å²) in [5, 5.41) is 11.9. The number of amides is 1. The molecule has 4 rings (SSSR count). The van der Waals surface area contributed by atoms with Crippen LogP contribution in [0.5, 0.6) is 0 Å². The summed E-state index contributed by atoms with van der Waals surface area (Å²) in [6, 6.07) is 19.6. The highest BCUT2D eigenvalue weighted by atomic mass is 32.2. The van der Waals surface area contributed by atoms with Gasteiger partial charge in [0.05, 0.1) is 17.1 Å². The van der Waals surface area contributed by atoms with Crippen LogP contribution in [0.15, 0.2) is 70.6 Å². The highest BCUT2D eigenvalue weighted by molar-refractivity contribution is 7.99. The van der Waals surface area contributed by atoms with Crippen molar-refractivity contribution in [2.45, 2.75) is 24.9 Å². The lowest BCUT2D eigenvalue weighted by atomic mass is 10.1. The Morgan fingerprint density at radius 1 is 0.970 bits per heavy atom. The smallest absolute Gasteiger partial charge is 0.295 e. The van der Waals surface area contributed by atoms with Crippen molar-refractivity contribution >= 4 is 23.4 Å². The van der Waals surface area contributed by atoms with Gasteiger partial charge in [0.2, 0.25) is 5.91 Å². The lowest BCUT2D eigenvalue weighted by Crippen LogP contribution is -2.23. The van der Waals surface area contributed by atoms with E-state index in [0.29, 0.717) is 10.9 Å². The van der Waals surface area contributed by atoms with Crippen LogP contribution in [0.4, 0.5) is 5.69 Å². The zero-order valence-corrected chi connectivity index (χ0v) is 19.7. The van der Waals surface area contributed by atoms with Crippen molar-refractivity contribution < 1.29 is 4.79 Å². The van der Waals surface area contributed by atoms with Crippen molar-refractivity contribution in [2.24, 2.45) is 14.1 Å². The number of carbonyl (C=O) groups excluding carboxylic acids is 1. The minimum Gasteiger partial charge on any atom is -0.319 e. The molecule has 8 nitrogen and oxygen atoms in total. The number of thioether (sulfide) groups is 1. The fourth-order valence-electron chi connectivity index (χ4n) is 3.61. The Labute approximate surface area is 196 Å². The Morgan fingerprint density at radius 2 is 1.64 bits per heavy atom. The van der Waals surface area contributed by atoms with Gasteiger partial charge in [0, 0.05) is 20.5 Å². The van der Waals surface area contributed by atoms with Crippen molar-refractivity contribution in [2.75, 3.05) is 11.1 Å². The van der Waals surface area contributed by atoms with E-state index in [9.17, 15) is 9.59 Å². The highest BCUT2D eigenvalue weighted by Gasteiger charge is 2.19. The van der Waals surface area contributed by atoms with Crippen LogP contribution in [-0.2, 0) is 31.7 Å². The molecule has 0 saturated carbocycles. The van der Waals surface area contributed by atoms with Gasteiger partial charge in [-0.3, -0.25) is 14.3 Å². The number of hydrogen-bond acceptors (Lipinski definition) is 5. The molecule has 2 heterocycles. The minimum absolute atomic E-state index is 0.129. The van der Waals surface area contributed by atoms with Crippen molar-refractivity contribution in [3.05, 3.63) is 88.1 Å². The number of rotatable bonds is 8. The molecule has 170 valence electrons. The summed E-state index contributed by atoms with van der Waals surface area (Å²) >= 11 is 1.30. The molecule has 0 aliphatic heterocycles. The van der Waals surface area contributed by atoms with Crippen LogP contribution >= 0.6 is 11.8 Å². The molecule has 0 fully saturated rings. The summed E-state index contributed by atoms with van der Waals surface area (Å²) in [5.74, 6) is 0.732. The summed E-state index contributed by atoms with van der Waals surface area (Å²) in [6.07, 6.45) is 1.64. The second-order valence-corrected chi connectivity index (χ2v) is 8.66. The molecule has 0 aliphatic carbocycles. The molecule has 2 aromatic heterocycles. The van der Waals surface area contributed by atoms with E-state index in [1.165, 1.54) is 17.3 Å². The lowest BCUT2D eigenvalue weighted by molar-refractivity contribution is -0.113. The maximum absolute atomic E-state index is 13.0. The van der Waals surface area contributed by atoms with Gasteiger partial charge >= 0.3 is 0 Å². The molecule has 4 aromatic rings. The van der Waals surface area contributed by atoms with E-state index in [1.807, 2.05) is 67.1 Å². The average molecular weight is 463 g/mol. The van der Waals surface area contributed by atoms with Gasteiger partial charge in [0.25, 0.3) is 5.56 Å². The highest BCUT2D eigenvalue weighted by Crippen LogP contribution is 2.18. The maximum Gasteiger partial charge on any atom is 0.295 e. The summed E-state index contributed by atoms with van der Waals surface area (Å²) in [4.78, 5) is 25.6. The zero-order valence-electron chi connectivity index (χ0n) is 18.9. The van der Waals surface area contributed by atoms with Gasteiger partial charge in [-0.05, 0) is 31.0 Å². The molecule has 1 amide bonds. The molecular weight excluding hydrogens is 436 g/mol. The third-order valence-corrected chi connectivity index (χ3v) is 6.58. The third kappa shape index (κ3) is 4.93. The molecule has 0 atom stereocenters. The molecule has 2 aromatic carbocycles. The predicted molar refractivity (Wildman–Crippen MR) is 130 cm³/mol. The van der Waals surface area contributed by atoms with Gasteiger partial charge in [0.1, 0.15) is 11.5 Å². The summed E-state index contributed by atoms with van der Waals surface area (Å²) in [5.41, 5.74) is 2.69. The number of anilines is 1. The fourth-order valence-corrected chi connectivity index (χ4v) is 4.34. The van der Waals surface area contributed by atoms with Crippen molar-refractivity contribution in [1.82, 2.24) is 24.1 Å². The van der Waals surface area contributed by atoms with Crippen molar-refractivity contribution in [3.8, 4) is 5.69 Å². The first-order valence-electron chi connectivity index (χ1n) is 10.6. The largest absolute Gasteiger partial charge is 0.319 e. The summed E-state index contributed by atoms with van der Waals surface area (Å²) in [7, 11) is 3.70. The van der Waals surface area contributed by atoms with Crippen LogP contribution in [0.3, 0.4) is 0 Å². The van der Waals surface area contributed by atoms with E-state index in [1.54, 1.807) is 16.4 Å². The van der Waals surface area contributed by atoms with Crippen LogP contribution in [0, 0.1) is 6.92 Å². The molecule has 0 unspecified atom stereocenters. The maximum atomic E-state index is 13.0. The summed E-state index contributed by atoms with van der Waals surface area (Å²) in [6.45, 7) is 1.81. The zero-order chi connectivity index (χ0) is 23.4. The quantitative estimate of drug-likeness (QED) is 0.407. The van der Waals surface area contributed by atoms with Crippen molar-refractivity contribution in [1.29, 1.82) is 0 Å². The van der Waals surface area contributed by atoms with Gasteiger partial charge in [-0.2, -0.15) is 0 Å². The second kappa shape index (κ2) is 9.91. The molecular formula is C24H26N6O2S. The number of hydrogen-bond donors (Lipinski definition) is 1. The predicted octanol–water partition coefficient (Wildman–Crippen LogP) is 3.13. The minimum atomic E-state index is -0.264. The Hall–Kier alpha value is -3.59. The average Bonchev–Trinajstić information content (AvgIpc) is 3.29. The number of nitrogens with one attached hydrogen (secondary N) is 1. The Bertz CT molecular complexity index is 1310. The van der Waals surface area contributed by atoms with Gasteiger partial charge in [-0.15, -0.1) is 10.2 Å². The van der Waals surface area contributed by atoms with Gasteiger partial charge < -0.3 is 9.88 Å². The first kappa shape index (κ1) is 22.6. The third-order valence-electron chi connectivity index (χ3n) is 5.56. The topological polar surface area (TPSA) is 86.7 Å². The lowest BCUT2D eigenvalue weighted by Gasteiger charge is -2.07. The van der Waals surface area contributed by atoms with E-state index in [0.717, 1.165) is 24.4 Å². The van der Waals surface area contributed by atoms with Gasteiger partial charge in [-0.1, -0.05) is 60.3 Å². The number of nitrogens with zero attached hydrogens (tertiary/aromatic N) is 5. The summed E-state index contributed by atoms with van der Waals surface area (Å²) < 4.78 is 5.19. The first-order chi connectivity index (χ1) is 16.0. The van der Waals surface area contributed by atoms with E-state index in [4.69, 9.17) is 0 Å². The van der Waals surface area contributed by atoms with Crippen LogP contribution < -0.4 is 10.9 Å². The van der Waals surface area contributed by atoms with E-state index in [-0.39, 0.29) is 22.9 Å². The standard InChI is InChI=1S/C24H26N6O2S/c1-17-22(23(32)30(29(17)3)19-12-8-5-9-13-19)25-21(31)16-33-24-27-26-20(28(24)2)15-14-18-10-6-4-7-11-18/h4-13H,14-16H2,1-3H3,(H,25,31). The Kier molecular flexibility index (Phi) is 6.79. The molecule has 0 aliphatic rings. The van der Waals surface area contributed by atoms with E-state index in [2.05, 4.69) is 27.6 Å². The second-order valence-electron chi connectivity index (χ2n) is 7.72. The molecule has 33 heavy (non-hydrogen) atoms. The molecule has 9 heteroatoms. The van der Waals surface area contributed by atoms with Crippen LogP contribution in [0.2, 0.25) is 0 Å². The number of aromatic nitrogens is 5. The number of aryl methyl sites for hydroxylation is 2. The molecule has 1 N–H and O–H groups in total. The number of benzene rings is 2. The van der Waals surface area contributed by atoms with Crippen LogP contribution in [0.25, 0.3) is 5.69 Å². The molecule has 0 radical (unpaired) electrons. The normalized spacial score (nSPS) is 11.0. The number of carbonyl (C=O) groups is 1. The van der Waals surface area contributed by atoms with E-state index >= 15 is 0 Å². The van der Waals surface area contributed by atoms with Crippen LogP contribution in [-0.4, -0.2) is 35.8 Å².